The first-order valence-electron chi connectivity index (χ1n) is 5.70. The highest BCUT2D eigenvalue weighted by atomic mass is 19.4. The van der Waals surface area contributed by atoms with Gasteiger partial charge in [0.1, 0.15) is 5.69 Å². The summed E-state index contributed by atoms with van der Waals surface area (Å²) in [5, 5.41) is 12.9. The molecule has 7 heteroatoms. The molecule has 0 saturated carbocycles. The highest BCUT2D eigenvalue weighted by Crippen LogP contribution is 2.29. The van der Waals surface area contributed by atoms with Crippen molar-refractivity contribution < 1.29 is 23.1 Å². The molecule has 0 aliphatic carbocycles. The lowest BCUT2D eigenvalue weighted by atomic mass is 10.0. The summed E-state index contributed by atoms with van der Waals surface area (Å²) >= 11 is 0. The largest absolute Gasteiger partial charge is 0.477 e. The third-order valence-corrected chi connectivity index (χ3v) is 2.78. The van der Waals surface area contributed by atoms with Gasteiger partial charge in [0.05, 0.1) is 12.1 Å². The average molecular weight is 284 g/mol. The van der Waals surface area contributed by atoms with E-state index >= 15 is 0 Å². The fraction of sp³-hybridized carbons (Fsp3) is 0.231. The van der Waals surface area contributed by atoms with E-state index in [-0.39, 0.29) is 22.5 Å². The first kappa shape index (κ1) is 14.1. The minimum atomic E-state index is -4.33. The lowest BCUT2D eigenvalue weighted by Crippen LogP contribution is -2.12. The van der Waals surface area contributed by atoms with Crippen LogP contribution in [-0.2, 0) is 13.5 Å². The predicted molar refractivity (Wildman–Crippen MR) is 65.4 cm³/mol. The van der Waals surface area contributed by atoms with Crippen LogP contribution < -0.4 is 0 Å². The van der Waals surface area contributed by atoms with Gasteiger partial charge in [0.2, 0.25) is 0 Å². The SMILES string of the molecule is Cn1nc(-c2ccccc2CC(F)(F)F)cc1C(=O)O. The summed E-state index contributed by atoms with van der Waals surface area (Å²) in [5.74, 6) is -1.18. The highest BCUT2D eigenvalue weighted by molar-refractivity contribution is 5.87. The molecule has 0 unspecified atom stereocenters. The predicted octanol–water partition coefficient (Wildman–Crippen LogP) is 2.89. The average Bonchev–Trinajstić information content (AvgIpc) is 2.70. The molecular weight excluding hydrogens is 273 g/mol. The second-order valence-corrected chi connectivity index (χ2v) is 4.29. The van der Waals surface area contributed by atoms with Gasteiger partial charge in [0.15, 0.2) is 0 Å². The fourth-order valence-electron chi connectivity index (χ4n) is 1.94. The number of aromatic carboxylic acids is 1. The summed E-state index contributed by atoms with van der Waals surface area (Å²) in [7, 11) is 1.43. The van der Waals surface area contributed by atoms with Crippen molar-refractivity contribution in [2.24, 2.45) is 7.05 Å². The third-order valence-electron chi connectivity index (χ3n) is 2.78. The number of benzene rings is 1. The van der Waals surface area contributed by atoms with Crippen LogP contribution in [0, 0.1) is 0 Å². The second-order valence-electron chi connectivity index (χ2n) is 4.29. The molecule has 1 heterocycles. The molecular formula is C13H11F3N2O2. The van der Waals surface area contributed by atoms with Crippen molar-refractivity contribution in [3.8, 4) is 11.3 Å². The van der Waals surface area contributed by atoms with Gasteiger partial charge in [-0.25, -0.2) is 4.79 Å². The van der Waals surface area contributed by atoms with Gasteiger partial charge in [-0.3, -0.25) is 4.68 Å². The molecule has 1 aromatic carbocycles. The number of rotatable bonds is 3. The molecule has 0 atom stereocenters. The maximum absolute atomic E-state index is 12.5. The quantitative estimate of drug-likeness (QED) is 0.942. The van der Waals surface area contributed by atoms with E-state index in [1.807, 2.05) is 0 Å². The normalized spacial score (nSPS) is 11.6. The summed E-state index contributed by atoms with van der Waals surface area (Å²) < 4.78 is 38.7. The van der Waals surface area contributed by atoms with Crippen LogP contribution in [0.1, 0.15) is 16.1 Å². The molecule has 1 N–H and O–H groups in total. The Bertz CT molecular complexity index is 647. The van der Waals surface area contributed by atoms with Crippen LogP contribution in [0.5, 0.6) is 0 Å². The van der Waals surface area contributed by atoms with E-state index in [1.165, 1.54) is 31.3 Å². The van der Waals surface area contributed by atoms with Crippen molar-refractivity contribution in [3.05, 3.63) is 41.6 Å². The summed E-state index contributed by atoms with van der Waals surface area (Å²) in [5.41, 5.74) is 0.481. The van der Waals surface area contributed by atoms with Gasteiger partial charge in [0.25, 0.3) is 0 Å². The van der Waals surface area contributed by atoms with Gasteiger partial charge >= 0.3 is 12.1 Å². The number of nitrogens with zero attached hydrogens (tertiary/aromatic N) is 2. The number of carboxylic acid groups (broad SMARTS) is 1. The maximum atomic E-state index is 12.5. The molecule has 4 nitrogen and oxygen atoms in total. The number of carboxylic acids is 1. The second kappa shape index (κ2) is 4.99. The molecule has 106 valence electrons. The smallest absolute Gasteiger partial charge is 0.393 e. The van der Waals surface area contributed by atoms with Crippen molar-refractivity contribution in [1.82, 2.24) is 9.78 Å². The standard InChI is InChI=1S/C13H11F3N2O2/c1-18-11(12(19)20)6-10(17-18)9-5-3-2-4-8(9)7-13(14,15)16/h2-6H,7H2,1H3,(H,19,20). The lowest BCUT2D eigenvalue weighted by molar-refractivity contribution is -0.127. The zero-order chi connectivity index (χ0) is 14.9. The molecule has 0 radical (unpaired) electrons. The first-order chi connectivity index (χ1) is 9.28. The van der Waals surface area contributed by atoms with Crippen LogP contribution in [-0.4, -0.2) is 27.0 Å². The minimum absolute atomic E-state index is 0.0649. The maximum Gasteiger partial charge on any atom is 0.393 e. The van der Waals surface area contributed by atoms with Crippen LogP contribution in [0.3, 0.4) is 0 Å². The van der Waals surface area contributed by atoms with Gasteiger partial charge < -0.3 is 5.11 Å². The van der Waals surface area contributed by atoms with Crippen LogP contribution in [0.15, 0.2) is 30.3 Å². The Balaban J connectivity index is 2.48. The Hall–Kier alpha value is -2.31. The molecule has 0 amide bonds. The van der Waals surface area contributed by atoms with Crippen molar-refractivity contribution in [3.63, 3.8) is 0 Å². The fourth-order valence-corrected chi connectivity index (χ4v) is 1.94. The number of hydrogen-bond acceptors (Lipinski definition) is 2. The van der Waals surface area contributed by atoms with E-state index in [2.05, 4.69) is 5.10 Å². The highest BCUT2D eigenvalue weighted by Gasteiger charge is 2.29. The van der Waals surface area contributed by atoms with Gasteiger partial charge in [-0.1, -0.05) is 24.3 Å². The van der Waals surface area contributed by atoms with Crippen LogP contribution in [0.4, 0.5) is 13.2 Å². The van der Waals surface area contributed by atoms with Crippen molar-refractivity contribution in [2.45, 2.75) is 12.6 Å². The molecule has 20 heavy (non-hydrogen) atoms. The summed E-state index contributed by atoms with van der Waals surface area (Å²) in [6.07, 6.45) is -5.41. The molecule has 0 spiro atoms. The monoisotopic (exact) mass is 284 g/mol. The van der Waals surface area contributed by atoms with E-state index < -0.39 is 18.6 Å². The number of aromatic nitrogens is 2. The number of alkyl halides is 3. The lowest BCUT2D eigenvalue weighted by Gasteiger charge is -2.10. The number of halogens is 3. The third kappa shape index (κ3) is 2.98. The van der Waals surface area contributed by atoms with E-state index in [1.54, 1.807) is 6.07 Å². The van der Waals surface area contributed by atoms with E-state index in [4.69, 9.17) is 5.11 Å². The van der Waals surface area contributed by atoms with Gasteiger partial charge in [-0.05, 0) is 11.6 Å². The summed E-state index contributed by atoms with van der Waals surface area (Å²) in [4.78, 5) is 10.9. The molecule has 2 rings (SSSR count). The van der Waals surface area contributed by atoms with Crippen LogP contribution >= 0.6 is 0 Å². The first-order valence-corrected chi connectivity index (χ1v) is 5.70. The molecule has 1 aromatic heterocycles. The molecule has 0 saturated heterocycles. The van der Waals surface area contributed by atoms with E-state index in [0.29, 0.717) is 0 Å². The molecule has 2 aromatic rings. The minimum Gasteiger partial charge on any atom is -0.477 e. The molecule has 0 fully saturated rings. The van der Waals surface area contributed by atoms with Crippen LogP contribution in [0.2, 0.25) is 0 Å². The zero-order valence-electron chi connectivity index (χ0n) is 10.5. The Morgan fingerprint density at radius 3 is 2.55 bits per heavy atom. The van der Waals surface area contributed by atoms with Gasteiger partial charge in [-0.15, -0.1) is 0 Å². The van der Waals surface area contributed by atoms with Crippen LogP contribution in [0.25, 0.3) is 11.3 Å². The van der Waals surface area contributed by atoms with E-state index in [0.717, 1.165) is 4.68 Å². The Morgan fingerprint density at radius 2 is 2.00 bits per heavy atom. The molecule has 0 aliphatic heterocycles. The number of hydrogen-bond donors (Lipinski definition) is 1. The number of aryl methyl sites for hydroxylation is 1. The van der Waals surface area contributed by atoms with E-state index in [9.17, 15) is 18.0 Å². The Labute approximate surface area is 112 Å². The Kier molecular flexibility index (Phi) is 3.52. The van der Waals surface area contributed by atoms with Gasteiger partial charge in [0, 0.05) is 12.6 Å². The van der Waals surface area contributed by atoms with Crippen molar-refractivity contribution in [2.75, 3.05) is 0 Å². The topological polar surface area (TPSA) is 55.1 Å². The zero-order valence-corrected chi connectivity index (χ0v) is 10.5. The van der Waals surface area contributed by atoms with Gasteiger partial charge in [-0.2, -0.15) is 18.3 Å². The summed E-state index contributed by atoms with van der Waals surface area (Å²) in [6.45, 7) is 0. The molecule has 0 bridgehead atoms. The van der Waals surface area contributed by atoms with Crippen molar-refractivity contribution in [1.29, 1.82) is 0 Å². The Morgan fingerprint density at radius 1 is 1.35 bits per heavy atom. The van der Waals surface area contributed by atoms with Crippen molar-refractivity contribution >= 4 is 5.97 Å². The molecule has 0 aliphatic rings. The number of carbonyl (C=O) groups is 1. The summed E-state index contributed by atoms with van der Waals surface area (Å²) in [6, 6.07) is 7.21.